The van der Waals surface area contributed by atoms with Crippen molar-refractivity contribution in [1.29, 1.82) is 0 Å². The number of aromatic nitrogens is 3. The van der Waals surface area contributed by atoms with Gasteiger partial charge in [-0.05, 0) is 43.7 Å². The Morgan fingerprint density at radius 2 is 1.76 bits per heavy atom. The lowest BCUT2D eigenvalue weighted by molar-refractivity contribution is 0.101. The fraction of sp³-hybridized carbons (Fsp3) is 0.0870. The zero-order valence-corrected chi connectivity index (χ0v) is 17.6. The molecule has 0 aliphatic carbocycles. The molecule has 0 fully saturated rings. The minimum Gasteiger partial charge on any atom is -0.319 e. The second kappa shape index (κ2) is 8.01. The quantitative estimate of drug-likeness (QED) is 0.445. The average Bonchev–Trinajstić information content (AvgIpc) is 3.14. The van der Waals surface area contributed by atoms with E-state index in [1.807, 2.05) is 80.6 Å². The molecule has 144 valence electrons. The molecule has 0 unspecified atom stereocenters. The molecule has 1 amide bonds. The van der Waals surface area contributed by atoms with E-state index in [1.54, 1.807) is 4.68 Å². The summed E-state index contributed by atoms with van der Waals surface area (Å²) in [4.78, 5) is 17.4. The molecule has 29 heavy (non-hydrogen) atoms. The Bertz CT molecular complexity index is 1180. The van der Waals surface area contributed by atoms with Crippen molar-refractivity contribution in [2.75, 3.05) is 5.32 Å². The number of aryl methyl sites for hydroxylation is 2. The van der Waals surface area contributed by atoms with Gasteiger partial charge in [-0.25, -0.2) is 9.67 Å². The first-order valence-corrected chi connectivity index (χ1v) is 9.97. The van der Waals surface area contributed by atoms with Crippen LogP contribution < -0.4 is 5.32 Å². The number of carbonyl (C=O) groups excluding carboxylic acids is 1. The van der Waals surface area contributed by atoms with Crippen molar-refractivity contribution >= 4 is 27.5 Å². The molecule has 1 N–H and O–H groups in total. The van der Waals surface area contributed by atoms with Gasteiger partial charge in [-0.1, -0.05) is 70.0 Å². The molecule has 4 rings (SSSR count). The Hall–Kier alpha value is -3.25. The van der Waals surface area contributed by atoms with Gasteiger partial charge in [0.1, 0.15) is 0 Å². The van der Waals surface area contributed by atoms with Crippen molar-refractivity contribution < 1.29 is 4.79 Å². The van der Waals surface area contributed by atoms with Gasteiger partial charge in [0.2, 0.25) is 5.82 Å². The molecular formula is C23H19BrN4O. The third-order valence-electron chi connectivity index (χ3n) is 4.51. The highest BCUT2D eigenvalue weighted by Gasteiger charge is 2.20. The van der Waals surface area contributed by atoms with Gasteiger partial charge in [-0.15, -0.1) is 5.10 Å². The van der Waals surface area contributed by atoms with Gasteiger partial charge < -0.3 is 5.32 Å². The third kappa shape index (κ3) is 4.12. The topological polar surface area (TPSA) is 59.8 Å². The molecule has 0 saturated carbocycles. The van der Waals surface area contributed by atoms with E-state index in [1.165, 1.54) is 5.56 Å². The molecule has 0 aliphatic rings. The molecular weight excluding hydrogens is 428 g/mol. The molecule has 3 aromatic carbocycles. The molecule has 6 heteroatoms. The highest BCUT2D eigenvalue weighted by Crippen LogP contribution is 2.24. The third-order valence-corrected chi connectivity index (χ3v) is 5.00. The van der Waals surface area contributed by atoms with Crippen LogP contribution in [-0.2, 0) is 0 Å². The van der Waals surface area contributed by atoms with Gasteiger partial charge in [-0.2, -0.15) is 0 Å². The van der Waals surface area contributed by atoms with Crippen LogP contribution in [0.15, 0.2) is 77.3 Å². The number of nitrogens with one attached hydrogen (secondary N) is 1. The summed E-state index contributed by atoms with van der Waals surface area (Å²) >= 11 is 3.41. The standard InChI is InChI=1S/C23H19BrN4O/c1-15-11-12-20(16(2)13-15)28-22(17-7-4-3-5-8-17)26-21(27-28)23(29)25-19-10-6-9-18(24)14-19/h3-14H,1-2H3,(H,25,29). The first kappa shape index (κ1) is 19.1. The summed E-state index contributed by atoms with van der Waals surface area (Å²) in [6.07, 6.45) is 0. The van der Waals surface area contributed by atoms with Crippen LogP contribution in [0.4, 0.5) is 5.69 Å². The lowest BCUT2D eigenvalue weighted by atomic mass is 10.1. The summed E-state index contributed by atoms with van der Waals surface area (Å²) in [5, 5.41) is 7.41. The highest BCUT2D eigenvalue weighted by atomic mass is 79.9. The number of rotatable bonds is 4. The second-order valence-electron chi connectivity index (χ2n) is 6.79. The first-order valence-electron chi connectivity index (χ1n) is 9.18. The van der Waals surface area contributed by atoms with E-state index in [2.05, 4.69) is 37.4 Å². The van der Waals surface area contributed by atoms with Crippen molar-refractivity contribution in [2.45, 2.75) is 13.8 Å². The molecule has 1 heterocycles. The molecule has 4 aromatic rings. The Morgan fingerprint density at radius 3 is 2.48 bits per heavy atom. The van der Waals surface area contributed by atoms with Crippen molar-refractivity contribution in [2.24, 2.45) is 0 Å². The fourth-order valence-corrected chi connectivity index (χ4v) is 3.55. The number of nitrogens with zero attached hydrogens (tertiary/aromatic N) is 3. The summed E-state index contributed by atoms with van der Waals surface area (Å²) in [5.41, 5.74) is 4.68. The van der Waals surface area contributed by atoms with Crippen LogP contribution in [0.5, 0.6) is 0 Å². The Balaban J connectivity index is 1.78. The normalized spacial score (nSPS) is 10.7. The maximum atomic E-state index is 12.8. The fourth-order valence-electron chi connectivity index (χ4n) is 3.15. The molecule has 0 atom stereocenters. The van der Waals surface area contributed by atoms with Gasteiger partial charge in [-0.3, -0.25) is 4.79 Å². The smallest absolute Gasteiger partial charge is 0.295 e. The molecule has 5 nitrogen and oxygen atoms in total. The number of hydrogen-bond acceptors (Lipinski definition) is 3. The lowest BCUT2D eigenvalue weighted by Gasteiger charge is -2.09. The monoisotopic (exact) mass is 446 g/mol. The van der Waals surface area contributed by atoms with E-state index >= 15 is 0 Å². The SMILES string of the molecule is Cc1ccc(-n2nc(C(=O)Nc3cccc(Br)c3)nc2-c2ccccc2)c(C)c1. The lowest BCUT2D eigenvalue weighted by Crippen LogP contribution is -2.14. The van der Waals surface area contributed by atoms with E-state index in [0.29, 0.717) is 11.5 Å². The number of benzene rings is 3. The summed E-state index contributed by atoms with van der Waals surface area (Å²) in [5.74, 6) is 0.379. The summed E-state index contributed by atoms with van der Waals surface area (Å²) in [7, 11) is 0. The van der Waals surface area contributed by atoms with Crippen molar-refractivity contribution in [1.82, 2.24) is 14.8 Å². The van der Waals surface area contributed by atoms with Gasteiger partial charge in [0.15, 0.2) is 5.82 Å². The minimum absolute atomic E-state index is 0.115. The second-order valence-corrected chi connectivity index (χ2v) is 7.71. The van der Waals surface area contributed by atoms with Gasteiger partial charge in [0.05, 0.1) is 5.69 Å². The van der Waals surface area contributed by atoms with Crippen molar-refractivity contribution in [3.63, 3.8) is 0 Å². The predicted octanol–water partition coefficient (Wildman–Crippen LogP) is 5.57. The molecule has 0 saturated heterocycles. The molecule has 1 aromatic heterocycles. The zero-order chi connectivity index (χ0) is 20.4. The van der Waals surface area contributed by atoms with Crippen LogP contribution in [-0.4, -0.2) is 20.7 Å². The van der Waals surface area contributed by atoms with Crippen LogP contribution in [0.2, 0.25) is 0 Å². The summed E-state index contributed by atoms with van der Waals surface area (Å²) in [6.45, 7) is 4.08. The van der Waals surface area contributed by atoms with Crippen LogP contribution in [0.3, 0.4) is 0 Å². The predicted molar refractivity (Wildman–Crippen MR) is 118 cm³/mol. The number of carbonyl (C=O) groups is 1. The van der Waals surface area contributed by atoms with Crippen molar-refractivity contribution in [3.8, 4) is 17.1 Å². The Kier molecular flexibility index (Phi) is 5.27. The van der Waals surface area contributed by atoms with E-state index < -0.39 is 0 Å². The molecule has 0 aliphatic heterocycles. The highest BCUT2D eigenvalue weighted by molar-refractivity contribution is 9.10. The van der Waals surface area contributed by atoms with Crippen LogP contribution >= 0.6 is 15.9 Å². The van der Waals surface area contributed by atoms with Gasteiger partial charge in [0.25, 0.3) is 5.91 Å². The van der Waals surface area contributed by atoms with E-state index in [0.717, 1.165) is 21.3 Å². The minimum atomic E-state index is -0.358. The molecule has 0 spiro atoms. The van der Waals surface area contributed by atoms with Gasteiger partial charge >= 0.3 is 0 Å². The first-order chi connectivity index (χ1) is 14.0. The Morgan fingerprint density at radius 1 is 0.966 bits per heavy atom. The molecule has 0 bridgehead atoms. The number of anilines is 1. The van der Waals surface area contributed by atoms with E-state index in [9.17, 15) is 4.79 Å². The Labute approximate surface area is 177 Å². The van der Waals surface area contributed by atoms with Crippen molar-refractivity contribution in [3.05, 3.63) is 94.2 Å². The summed E-state index contributed by atoms with van der Waals surface area (Å²) in [6, 6.07) is 23.3. The molecule has 0 radical (unpaired) electrons. The summed E-state index contributed by atoms with van der Waals surface area (Å²) < 4.78 is 2.62. The van der Waals surface area contributed by atoms with Crippen LogP contribution in [0.25, 0.3) is 17.1 Å². The van der Waals surface area contributed by atoms with Crippen LogP contribution in [0, 0.1) is 13.8 Å². The number of amides is 1. The average molecular weight is 447 g/mol. The number of hydrogen-bond donors (Lipinski definition) is 1. The van der Waals surface area contributed by atoms with Gasteiger partial charge in [0, 0.05) is 15.7 Å². The zero-order valence-electron chi connectivity index (χ0n) is 16.1. The van der Waals surface area contributed by atoms with Crippen LogP contribution in [0.1, 0.15) is 21.7 Å². The van der Waals surface area contributed by atoms with E-state index in [4.69, 9.17) is 0 Å². The van der Waals surface area contributed by atoms with E-state index in [-0.39, 0.29) is 11.7 Å². The largest absolute Gasteiger partial charge is 0.319 e. The maximum absolute atomic E-state index is 12.8. The maximum Gasteiger partial charge on any atom is 0.295 e. The number of halogens is 1.